The molecule has 0 aromatic heterocycles. The molecule has 1 unspecified atom stereocenters. The largest absolute Gasteiger partial charge is 0.488 e. The van der Waals surface area contributed by atoms with E-state index in [1.807, 2.05) is 78.9 Å². The molecule has 1 atom stereocenters. The Morgan fingerprint density at radius 2 is 1.25 bits per heavy atom. The quantitative estimate of drug-likeness (QED) is 0.187. The standard InChI is InChI=1S/C32H30BrNO6/c1-22(32(36)37-2)34-31(35)27-18-26(33)14-16-28(27)38-21-25-13-15-29(39-19-23-9-5-3-6-10-23)30(17-25)40-20-24-11-7-4-8-12-24/h3-18,22H,19-21H2,1-2H3,(H,34,35). The molecule has 1 N–H and O–H groups in total. The Hall–Kier alpha value is -4.30. The van der Waals surface area contributed by atoms with Gasteiger partial charge in [0.15, 0.2) is 11.5 Å². The third kappa shape index (κ3) is 8.10. The number of hydrogen-bond donors (Lipinski definition) is 1. The average Bonchev–Trinajstić information content (AvgIpc) is 2.99. The van der Waals surface area contributed by atoms with Gasteiger partial charge in [-0.15, -0.1) is 0 Å². The van der Waals surface area contributed by atoms with Gasteiger partial charge in [-0.05, 0) is 53.9 Å². The first-order chi connectivity index (χ1) is 19.4. The van der Waals surface area contributed by atoms with Gasteiger partial charge in [0.1, 0.15) is 31.6 Å². The molecule has 4 aromatic carbocycles. The van der Waals surface area contributed by atoms with Crippen molar-refractivity contribution < 1.29 is 28.5 Å². The van der Waals surface area contributed by atoms with Crippen molar-refractivity contribution in [3.63, 3.8) is 0 Å². The van der Waals surface area contributed by atoms with Gasteiger partial charge >= 0.3 is 5.97 Å². The summed E-state index contributed by atoms with van der Waals surface area (Å²) in [5.41, 5.74) is 3.19. The number of halogens is 1. The van der Waals surface area contributed by atoms with Crippen molar-refractivity contribution in [3.05, 3.63) is 124 Å². The van der Waals surface area contributed by atoms with Crippen molar-refractivity contribution in [2.45, 2.75) is 32.8 Å². The van der Waals surface area contributed by atoms with Crippen LogP contribution in [0.2, 0.25) is 0 Å². The lowest BCUT2D eigenvalue weighted by Gasteiger charge is -2.17. The molecule has 8 heteroatoms. The first kappa shape index (κ1) is 28.7. The van der Waals surface area contributed by atoms with Crippen LogP contribution in [-0.4, -0.2) is 25.0 Å². The lowest BCUT2D eigenvalue weighted by molar-refractivity contribution is -0.142. The molecule has 1 amide bonds. The van der Waals surface area contributed by atoms with Gasteiger partial charge in [0.25, 0.3) is 5.91 Å². The second-order valence-corrected chi connectivity index (χ2v) is 9.89. The fraction of sp³-hybridized carbons (Fsp3) is 0.188. The van der Waals surface area contributed by atoms with Crippen molar-refractivity contribution in [1.29, 1.82) is 0 Å². The highest BCUT2D eigenvalue weighted by Gasteiger charge is 2.20. The molecular weight excluding hydrogens is 574 g/mol. The van der Waals surface area contributed by atoms with Crippen LogP contribution in [0.3, 0.4) is 0 Å². The van der Waals surface area contributed by atoms with Crippen molar-refractivity contribution in [1.82, 2.24) is 5.32 Å². The molecule has 0 saturated heterocycles. The number of carbonyl (C=O) groups is 2. The molecule has 0 bridgehead atoms. The molecule has 40 heavy (non-hydrogen) atoms. The lowest BCUT2D eigenvalue weighted by Crippen LogP contribution is -2.39. The summed E-state index contributed by atoms with van der Waals surface area (Å²) in [6, 6.07) is 29.8. The number of benzene rings is 4. The number of ether oxygens (including phenoxy) is 4. The molecule has 0 aliphatic rings. The molecule has 4 rings (SSSR count). The van der Waals surface area contributed by atoms with E-state index >= 15 is 0 Å². The molecule has 4 aromatic rings. The number of amides is 1. The summed E-state index contributed by atoms with van der Waals surface area (Å²) in [5.74, 6) is 0.577. The molecule has 0 aliphatic heterocycles. The summed E-state index contributed by atoms with van der Waals surface area (Å²) in [6.45, 7) is 2.51. The van der Waals surface area contributed by atoms with E-state index in [0.29, 0.717) is 34.9 Å². The minimum absolute atomic E-state index is 0.176. The normalized spacial score (nSPS) is 11.3. The zero-order valence-electron chi connectivity index (χ0n) is 22.3. The number of methoxy groups -OCH3 is 1. The fourth-order valence-electron chi connectivity index (χ4n) is 3.82. The number of rotatable bonds is 12. The van der Waals surface area contributed by atoms with Gasteiger partial charge in [-0.3, -0.25) is 4.79 Å². The molecule has 0 fully saturated rings. The van der Waals surface area contributed by atoms with Crippen LogP contribution in [0.25, 0.3) is 0 Å². The van der Waals surface area contributed by atoms with E-state index in [4.69, 9.17) is 18.9 Å². The fourth-order valence-corrected chi connectivity index (χ4v) is 4.18. The highest BCUT2D eigenvalue weighted by Crippen LogP contribution is 2.31. The Kier molecular flexibility index (Phi) is 10.2. The summed E-state index contributed by atoms with van der Waals surface area (Å²) in [5, 5.41) is 2.64. The maximum absolute atomic E-state index is 12.9. The molecule has 0 saturated carbocycles. The molecule has 7 nitrogen and oxygen atoms in total. The molecule has 0 spiro atoms. The predicted molar refractivity (Wildman–Crippen MR) is 155 cm³/mol. The summed E-state index contributed by atoms with van der Waals surface area (Å²) < 4.78 is 23.7. The SMILES string of the molecule is COC(=O)C(C)NC(=O)c1cc(Br)ccc1OCc1ccc(OCc2ccccc2)c(OCc2ccccc2)c1. The number of carbonyl (C=O) groups excluding carboxylic acids is 2. The summed E-state index contributed by atoms with van der Waals surface area (Å²) in [7, 11) is 1.27. The second kappa shape index (κ2) is 14.2. The maximum atomic E-state index is 12.9. The Morgan fingerprint density at radius 3 is 1.88 bits per heavy atom. The van der Waals surface area contributed by atoms with E-state index in [2.05, 4.69) is 21.2 Å². The van der Waals surface area contributed by atoms with Crippen molar-refractivity contribution in [2.24, 2.45) is 0 Å². The van der Waals surface area contributed by atoms with E-state index in [1.54, 1.807) is 25.1 Å². The van der Waals surface area contributed by atoms with Crippen LogP contribution in [-0.2, 0) is 29.4 Å². The number of nitrogens with one attached hydrogen (secondary N) is 1. The lowest BCUT2D eigenvalue weighted by atomic mass is 10.1. The van der Waals surface area contributed by atoms with E-state index in [9.17, 15) is 9.59 Å². The predicted octanol–water partition coefficient (Wildman–Crippen LogP) is 6.48. The monoisotopic (exact) mass is 603 g/mol. The smallest absolute Gasteiger partial charge is 0.328 e. The minimum Gasteiger partial charge on any atom is -0.488 e. The third-order valence-corrected chi connectivity index (χ3v) is 6.46. The molecule has 206 valence electrons. The molecule has 0 aliphatic carbocycles. The van der Waals surface area contributed by atoms with E-state index in [1.165, 1.54) is 7.11 Å². The van der Waals surface area contributed by atoms with Gasteiger partial charge in [-0.1, -0.05) is 82.7 Å². The Labute approximate surface area is 242 Å². The third-order valence-electron chi connectivity index (χ3n) is 5.97. The van der Waals surface area contributed by atoms with E-state index < -0.39 is 17.9 Å². The van der Waals surface area contributed by atoms with Crippen LogP contribution >= 0.6 is 15.9 Å². The molecule has 0 radical (unpaired) electrons. The Bertz CT molecular complexity index is 1430. The van der Waals surface area contributed by atoms with Crippen molar-refractivity contribution in [2.75, 3.05) is 7.11 Å². The van der Waals surface area contributed by atoms with Gasteiger partial charge in [0, 0.05) is 4.47 Å². The number of esters is 1. The zero-order valence-corrected chi connectivity index (χ0v) is 23.8. The molecular formula is C32H30BrNO6. The Balaban J connectivity index is 1.50. The van der Waals surface area contributed by atoms with Crippen molar-refractivity contribution >= 4 is 27.8 Å². The van der Waals surface area contributed by atoms with Gasteiger partial charge in [-0.25, -0.2) is 4.79 Å². The summed E-state index contributed by atoms with van der Waals surface area (Å²) in [4.78, 5) is 24.7. The summed E-state index contributed by atoms with van der Waals surface area (Å²) in [6.07, 6.45) is 0. The van der Waals surface area contributed by atoms with E-state index in [-0.39, 0.29) is 12.2 Å². The minimum atomic E-state index is -0.808. The highest BCUT2D eigenvalue weighted by atomic mass is 79.9. The van der Waals surface area contributed by atoms with Gasteiger partial charge in [-0.2, -0.15) is 0 Å². The number of hydrogen-bond acceptors (Lipinski definition) is 6. The van der Waals surface area contributed by atoms with Crippen LogP contribution in [0.5, 0.6) is 17.2 Å². The van der Waals surface area contributed by atoms with Crippen LogP contribution < -0.4 is 19.5 Å². The first-order valence-electron chi connectivity index (χ1n) is 12.7. The second-order valence-electron chi connectivity index (χ2n) is 8.98. The summed E-state index contributed by atoms with van der Waals surface area (Å²) >= 11 is 3.40. The molecule has 0 heterocycles. The Morgan fingerprint density at radius 1 is 0.700 bits per heavy atom. The van der Waals surface area contributed by atoms with Crippen LogP contribution in [0.1, 0.15) is 34.0 Å². The van der Waals surface area contributed by atoms with Gasteiger partial charge in [0.05, 0.1) is 12.7 Å². The highest BCUT2D eigenvalue weighted by molar-refractivity contribution is 9.10. The van der Waals surface area contributed by atoms with Gasteiger partial charge in [0.2, 0.25) is 0 Å². The van der Waals surface area contributed by atoms with Crippen LogP contribution in [0.15, 0.2) is 102 Å². The van der Waals surface area contributed by atoms with Gasteiger partial charge < -0.3 is 24.3 Å². The van der Waals surface area contributed by atoms with E-state index in [0.717, 1.165) is 16.7 Å². The zero-order chi connectivity index (χ0) is 28.3. The topological polar surface area (TPSA) is 83.1 Å². The van der Waals surface area contributed by atoms with Crippen molar-refractivity contribution in [3.8, 4) is 17.2 Å². The maximum Gasteiger partial charge on any atom is 0.328 e. The van der Waals surface area contributed by atoms with Crippen LogP contribution in [0.4, 0.5) is 0 Å². The average molecular weight is 604 g/mol. The van der Waals surface area contributed by atoms with Crippen LogP contribution in [0, 0.1) is 0 Å². The first-order valence-corrected chi connectivity index (χ1v) is 13.5.